The van der Waals surface area contributed by atoms with Crippen LogP contribution >= 0.6 is 0 Å². The zero-order valence-corrected chi connectivity index (χ0v) is 17.0. The van der Waals surface area contributed by atoms with E-state index in [-0.39, 0.29) is 23.8 Å². The minimum atomic E-state index is -0.497. The second-order valence-corrected chi connectivity index (χ2v) is 8.74. The predicted octanol–water partition coefficient (Wildman–Crippen LogP) is 3.16. The summed E-state index contributed by atoms with van der Waals surface area (Å²) in [6, 6.07) is 3.79. The minimum Gasteiger partial charge on any atom is -0.508 e. The molecule has 0 saturated carbocycles. The lowest BCUT2D eigenvalue weighted by molar-refractivity contribution is -0.116. The van der Waals surface area contributed by atoms with Crippen LogP contribution in [0, 0.1) is 0 Å². The van der Waals surface area contributed by atoms with E-state index >= 15 is 0 Å². The van der Waals surface area contributed by atoms with Crippen LogP contribution in [0.1, 0.15) is 57.6 Å². The van der Waals surface area contributed by atoms with Gasteiger partial charge < -0.3 is 20.5 Å². The molecule has 1 aromatic carbocycles. The Morgan fingerprint density at radius 2 is 2.00 bits per heavy atom. The Morgan fingerprint density at radius 1 is 1.29 bits per heavy atom. The number of carbonyl (C=O) groups is 2. The Morgan fingerprint density at radius 3 is 2.68 bits per heavy atom. The number of phenolic OH excluding ortho intramolecular Hbond substituents is 1. The molecule has 3 N–H and O–H groups in total. The number of aryl methyl sites for hydroxylation is 1. The number of rotatable bonds is 3. The Kier molecular flexibility index (Phi) is 6.13. The van der Waals surface area contributed by atoms with Crippen LogP contribution in [0.3, 0.4) is 0 Å². The molecule has 0 aromatic heterocycles. The molecule has 2 aliphatic rings. The van der Waals surface area contributed by atoms with Crippen molar-refractivity contribution < 1.29 is 19.4 Å². The number of fused-ring (bicyclic) bond motifs is 1. The molecule has 2 aliphatic heterocycles. The number of hydrogen-bond acceptors (Lipinski definition) is 5. The van der Waals surface area contributed by atoms with E-state index in [2.05, 4.69) is 15.5 Å². The Bertz CT molecular complexity index is 734. The van der Waals surface area contributed by atoms with Crippen molar-refractivity contribution in [2.45, 2.75) is 71.1 Å². The van der Waals surface area contributed by atoms with Crippen molar-refractivity contribution in [3.05, 3.63) is 23.3 Å². The highest BCUT2D eigenvalue weighted by molar-refractivity contribution is 5.92. The number of phenols is 1. The molecule has 7 heteroatoms. The fraction of sp³-hybridized carbons (Fsp3) is 0.619. The van der Waals surface area contributed by atoms with Crippen molar-refractivity contribution in [2.75, 3.05) is 18.4 Å². The summed E-state index contributed by atoms with van der Waals surface area (Å²) in [7, 11) is 0. The molecule has 0 aliphatic carbocycles. The van der Waals surface area contributed by atoms with Crippen LogP contribution in [-0.4, -0.2) is 46.7 Å². The van der Waals surface area contributed by atoms with Gasteiger partial charge in [0.15, 0.2) is 0 Å². The van der Waals surface area contributed by atoms with Gasteiger partial charge in [-0.2, -0.15) is 0 Å². The maximum absolute atomic E-state index is 11.9. The quantitative estimate of drug-likeness (QED) is 0.691. The minimum absolute atomic E-state index is 0.0319. The summed E-state index contributed by atoms with van der Waals surface area (Å²) < 4.78 is 5.32. The fourth-order valence-corrected chi connectivity index (χ4v) is 3.73. The van der Waals surface area contributed by atoms with E-state index in [4.69, 9.17) is 4.74 Å². The maximum Gasteiger partial charge on any atom is 0.407 e. The first-order valence-electron chi connectivity index (χ1n) is 10.1. The van der Waals surface area contributed by atoms with E-state index < -0.39 is 5.60 Å². The average Bonchev–Trinajstić information content (AvgIpc) is 2.75. The van der Waals surface area contributed by atoms with Gasteiger partial charge >= 0.3 is 6.09 Å². The normalized spacial score (nSPS) is 18.8. The molecule has 1 fully saturated rings. The van der Waals surface area contributed by atoms with Gasteiger partial charge in [-0.1, -0.05) is 0 Å². The molecule has 0 atom stereocenters. The largest absolute Gasteiger partial charge is 0.508 e. The molecule has 0 bridgehead atoms. The number of aromatic hydroxyl groups is 1. The van der Waals surface area contributed by atoms with Crippen molar-refractivity contribution in [2.24, 2.45) is 0 Å². The number of nitrogens with zero attached hydrogens (tertiary/aromatic N) is 1. The summed E-state index contributed by atoms with van der Waals surface area (Å²) in [4.78, 5) is 26.0. The molecule has 3 rings (SSSR count). The molecule has 0 unspecified atom stereocenters. The van der Waals surface area contributed by atoms with Crippen LogP contribution in [-0.2, 0) is 22.5 Å². The molecule has 0 spiro atoms. The molecular formula is C21H31N3O4. The fourth-order valence-electron chi connectivity index (χ4n) is 3.73. The summed E-state index contributed by atoms with van der Waals surface area (Å²) in [6.07, 6.45) is 3.41. The molecule has 1 aromatic rings. The second-order valence-electron chi connectivity index (χ2n) is 8.74. The molecule has 0 radical (unpaired) electrons. The first-order chi connectivity index (χ1) is 13.2. The number of anilines is 1. The van der Waals surface area contributed by atoms with Crippen LogP contribution in [0.15, 0.2) is 12.1 Å². The van der Waals surface area contributed by atoms with Crippen LogP contribution < -0.4 is 10.6 Å². The van der Waals surface area contributed by atoms with E-state index in [1.165, 1.54) is 0 Å². The van der Waals surface area contributed by atoms with E-state index in [0.29, 0.717) is 13.0 Å². The summed E-state index contributed by atoms with van der Waals surface area (Å²) in [5.74, 6) is 0.313. The third-order valence-corrected chi connectivity index (χ3v) is 5.13. The van der Waals surface area contributed by atoms with Crippen molar-refractivity contribution >= 4 is 17.7 Å². The molecule has 7 nitrogen and oxygen atoms in total. The topological polar surface area (TPSA) is 90.9 Å². The van der Waals surface area contributed by atoms with Crippen LogP contribution in [0.25, 0.3) is 0 Å². The van der Waals surface area contributed by atoms with Crippen LogP contribution in [0.4, 0.5) is 10.5 Å². The molecule has 154 valence electrons. The van der Waals surface area contributed by atoms with Gasteiger partial charge in [-0.15, -0.1) is 0 Å². The summed E-state index contributed by atoms with van der Waals surface area (Å²) in [6.45, 7) is 7.82. The second kappa shape index (κ2) is 8.39. The molecule has 2 heterocycles. The lowest BCUT2D eigenvalue weighted by Crippen LogP contribution is -2.45. The zero-order valence-electron chi connectivity index (χ0n) is 17.0. The number of likely N-dealkylation sites (tertiary alicyclic amines) is 1. The van der Waals surface area contributed by atoms with Gasteiger partial charge in [0.05, 0.1) is 0 Å². The maximum atomic E-state index is 11.9. The Balaban J connectivity index is 1.55. The van der Waals surface area contributed by atoms with Gasteiger partial charge in [-0.3, -0.25) is 9.69 Å². The number of nitrogens with one attached hydrogen (secondary N) is 2. The third-order valence-electron chi connectivity index (χ3n) is 5.13. The number of ether oxygens (including phenoxy) is 1. The average molecular weight is 389 g/mol. The van der Waals surface area contributed by atoms with Crippen molar-refractivity contribution in [1.82, 2.24) is 10.2 Å². The standard InChI is InChI=1S/C21H31N3O4/c1-21(2,3)28-20(27)22-16-7-9-24(10-8-16)13-15-11-17-14(12-18(15)25)5-4-6-19(26)23-17/h11-12,16,25H,4-10,13H2,1-3H3,(H,22,27)(H,23,26). The van der Waals surface area contributed by atoms with E-state index in [9.17, 15) is 14.7 Å². The van der Waals surface area contributed by atoms with Crippen LogP contribution in [0.5, 0.6) is 5.75 Å². The van der Waals surface area contributed by atoms with E-state index in [1.807, 2.05) is 26.8 Å². The van der Waals surface area contributed by atoms with Crippen molar-refractivity contribution in [3.63, 3.8) is 0 Å². The Labute approximate surface area is 166 Å². The highest BCUT2D eigenvalue weighted by Crippen LogP contribution is 2.31. The monoisotopic (exact) mass is 389 g/mol. The van der Waals surface area contributed by atoms with Gasteiger partial charge in [0, 0.05) is 43.3 Å². The highest BCUT2D eigenvalue weighted by Gasteiger charge is 2.24. The van der Waals surface area contributed by atoms with Crippen molar-refractivity contribution in [3.8, 4) is 5.75 Å². The third kappa shape index (κ3) is 5.61. The summed E-state index contributed by atoms with van der Waals surface area (Å²) in [5.41, 5.74) is 2.13. The van der Waals surface area contributed by atoms with Gasteiger partial charge in [0.25, 0.3) is 0 Å². The molecule has 2 amide bonds. The number of alkyl carbamates (subject to hydrolysis) is 1. The molecule has 1 saturated heterocycles. The van der Waals surface area contributed by atoms with E-state index in [0.717, 1.165) is 55.6 Å². The summed E-state index contributed by atoms with van der Waals surface area (Å²) >= 11 is 0. The van der Waals surface area contributed by atoms with E-state index in [1.54, 1.807) is 6.07 Å². The van der Waals surface area contributed by atoms with Crippen LogP contribution in [0.2, 0.25) is 0 Å². The summed E-state index contributed by atoms with van der Waals surface area (Å²) in [5, 5.41) is 16.3. The Hall–Kier alpha value is -2.28. The van der Waals surface area contributed by atoms with Gasteiger partial charge in [-0.05, 0) is 64.2 Å². The van der Waals surface area contributed by atoms with Gasteiger partial charge in [0.1, 0.15) is 11.4 Å². The number of carbonyl (C=O) groups excluding carboxylic acids is 2. The van der Waals surface area contributed by atoms with Gasteiger partial charge in [0.2, 0.25) is 5.91 Å². The number of amides is 2. The predicted molar refractivity (Wildman–Crippen MR) is 107 cm³/mol. The first-order valence-corrected chi connectivity index (χ1v) is 10.1. The number of benzene rings is 1. The van der Waals surface area contributed by atoms with Gasteiger partial charge in [-0.25, -0.2) is 4.79 Å². The smallest absolute Gasteiger partial charge is 0.407 e. The first kappa shape index (κ1) is 20.5. The molecular weight excluding hydrogens is 358 g/mol. The number of hydrogen-bond donors (Lipinski definition) is 3. The number of piperidine rings is 1. The lowest BCUT2D eigenvalue weighted by Gasteiger charge is -2.33. The zero-order chi connectivity index (χ0) is 20.3. The highest BCUT2D eigenvalue weighted by atomic mass is 16.6. The van der Waals surface area contributed by atoms with Crippen molar-refractivity contribution in [1.29, 1.82) is 0 Å². The SMILES string of the molecule is CC(C)(C)OC(=O)NC1CCN(Cc2cc3c(cc2O)CCCC(=O)N3)CC1. The lowest BCUT2D eigenvalue weighted by atomic mass is 10.0. The molecule has 28 heavy (non-hydrogen) atoms.